The first-order valence-corrected chi connectivity index (χ1v) is 7.04. The Bertz CT molecular complexity index is 690. The molecular formula is C14H15N3O3S. The number of carbonyl (C=O) groups is 2. The van der Waals surface area contributed by atoms with Crippen molar-refractivity contribution in [1.29, 1.82) is 0 Å². The third-order valence-corrected chi connectivity index (χ3v) is 3.96. The minimum absolute atomic E-state index is 0.185. The molecule has 1 aromatic carbocycles. The van der Waals surface area contributed by atoms with Crippen molar-refractivity contribution < 1.29 is 14.7 Å². The van der Waals surface area contributed by atoms with Gasteiger partial charge in [0.15, 0.2) is 5.13 Å². The van der Waals surface area contributed by atoms with Crippen molar-refractivity contribution in [3.05, 3.63) is 39.9 Å². The molecule has 0 saturated heterocycles. The molecule has 0 fully saturated rings. The maximum absolute atomic E-state index is 11.9. The van der Waals surface area contributed by atoms with Crippen molar-refractivity contribution in [1.82, 2.24) is 4.98 Å². The van der Waals surface area contributed by atoms with Gasteiger partial charge in [-0.1, -0.05) is 0 Å². The number of carbonyl (C=O) groups excluding carboxylic acids is 1. The molecule has 0 unspecified atom stereocenters. The number of benzene rings is 1. The van der Waals surface area contributed by atoms with E-state index in [1.165, 1.54) is 23.5 Å². The number of nitrogens with zero attached hydrogens (tertiary/aromatic N) is 1. The average molecular weight is 305 g/mol. The standard InChI is InChI=1S/C14H15N3O3S/c1-7-6-10(12(18)19)4-5-11(7)16-13(20)17-14-15-8(2)9(3)21-14/h4-6H,1-3H3,(H,18,19)(H2,15,16,17,20). The lowest BCUT2D eigenvalue weighted by Gasteiger charge is -2.09. The number of carboxylic acids is 1. The molecule has 21 heavy (non-hydrogen) atoms. The summed E-state index contributed by atoms with van der Waals surface area (Å²) in [4.78, 5) is 28.0. The molecule has 0 bridgehead atoms. The van der Waals surface area contributed by atoms with Crippen LogP contribution in [0.3, 0.4) is 0 Å². The van der Waals surface area contributed by atoms with Crippen LogP contribution < -0.4 is 10.6 Å². The Balaban J connectivity index is 2.07. The molecule has 6 nitrogen and oxygen atoms in total. The summed E-state index contributed by atoms with van der Waals surface area (Å²) >= 11 is 1.40. The Morgan fingerprint density at radius 3 is 2.43 bits per heavy atom. The molecule has 110 valence electrons. The summed E-state index contributed by atoms with van der Waals surface area (Å²) in [5.74, 6) is -0.997. The average Bonchev–Trinajstić information content (AvgIpc) is 2.70. The van der Waals surface area contributed by atoms with Gasteiger partial charge < -0.3 is 10.4 Å². The number of aryl methyl sites for hydroxylation is 3. The Hall–Kier alpha value is -2.41. The Morgan fingerprint density at radius 1 is 1.19 bits per heavy atom. The van der Waals surface area contributed by atoms with Crippen molar-refractivity contribution in [2.45, 2.75) is 20.8 Å². The van der Waals surface area contributed by atoms with Gasteiger partial charge in [0.1, 0.15) is 0 Å². The number of hydrogen-bond acceptors (Lipinski definition) is 4. The molecule has 0 radical (unpaired) electrons. The monoisotopic (exact) mass is 305 g/mol. The van der Waals surface area contributed by atoms with Crippen LogP contribution in [0, 0.1) is 20.8 Å². The van der Waals surface area contributed by atoms with Crippen LogP contribution in [0.15, 0.2) is 18.2 Å². The van der Waals surface area contributed by atoms with E-state index in [9.17, 15) is 9.59 Å². The van der Waals surface area contributed by atoms with Gasteiger partial charge in [0.05, 0.1) is 11.3 Å². The zero-order valence-electron chi connectivity index (χ0n) is 11.9. The number of rotatable bonds is 3. The Morgan fingerprint density at radius 2 is 1.90 bits per heavy atom. The number of amides is 2. The van der Waals surface area contributed by atoms with Gasteiger partial charge in [0.2, 0.25) is 0 Å². The summed E-state index contributed by atoms with van der Waals surface area (Å²) in [5, 5.41) is 14.8. The number of thiazole rings is 1. The largest absolute Gasteiger partial charge is 0.478 e. The van der Waals surface area contributed by atoms with Gasteiger partial charge in [0, 0.05) is 10.6 Å². The summed E-state index contributed by atoms with van der Waals surface area (Å²) in [5.41, 5.74) is 2.31. The van der Waals surface area contributed by atoms with Crippen LogP contribution >= 0.6 is 11.3 Å². The second kappa shape index (κ2) is 5.92. The summed E-state index contributed by atoms with van der Waals surface area (Å²) in [6.45, 7) is 5.55. The molecule has 1 heterocycles. The summed E-state index contributed by atoms with van der Waals surface area (Å²) in [6.07, 6.45) is 0. The molecule has 2 aromatic rings. The quantitative estimate of drug-likeness (QED) is 0.810. The normalized spacial score (nSPS) is 10.2. The predicted molar refractivity (Wildman–Crippen MR) is 82.4 cm³/mol. The van der Waals surface area contributed by atoms with E-state index in [4.69, 9.17) is 5.11 Å². The number of aromatic nitrogens is 1. The molecule has 0 spiro atoms. The fourth-order valence-electron chi connectivity index (χ4n) is 1.71. The molecule has 0 aliphatic carbocycles. The first kappa shape index (κ1) is 15.0. The summed E-state index contributed by atoms with van der Waals surface area (Å²) in [7, 11) is 0. The lowest BCUT2D eigenvalue weighted by atomic mass is 10.1. The van der Waals surface area contributed by atoms with Crippen LogP contribution in [0.25, 0.3) is 0 Å². The van der Waals surface area contributed by atoms with Gasteiger partial charge in [-0.05, 0) is 44.5 Å². The van der Waals surface area contributed by atoms with E-state index in [0.717, 1.165) is 10.6 Å². The highest BCUT2D eigenvalue weighted by Gasteiger charge is 2.10. The molecule has 7 heteroatoms. The Labute approximate surface area is 125 Å². The number of carboxylic acid groups (broad SMARTS) is 1. The zero-order chi connectivity index (χ0) is 15.6. The maximum atomic E-state index is 11.9. The van der Waals surface area contributed by atoms with Crippen LogP contribution in [0.5, 0.6) is 0 Å². The van der Waals surface area contributed by atoms with E-state index < -0.39 is 12.0 Å². The lowest BCUT2D eigenvalue weighted by Crippen LogP contribution is -2.20. The zero-order valence-corrected chi connectivity index (χ0v) is 12.7. The van der Waals surface area contributed by atoms with Gasteiger partial charge in [-0.2, -0.15) is 0 Å². The minimum Gasteiger partial charge on any atom is -0.478 e. The summed E-state index contributed by atoms with van der Waals surface area (Å²) < 4.78 is 0. The van der Waals surface area contributed by atoms with Crippen LogP contribution in [0.4, 0.5) is 15.6 Å². The van der Waals surface area contributed by atoms with Gasteiger partial charge in [0.25, 0.3) is 0 Å². The first-order valence-electron chi connectivity index (χ1n) is 6.23. The van der Waals surface area contributed by atoms with Crippen molar-refractivity contribution >= 4 is 34.2 Å². The molecule has 2 amide bonds. The van der Waals surface area contributed by atoms with Crippen LogP contribution in [-0.2, 0) is 0 Å². The van der Waals surface area contributed by atoms with Crippen molar-refractivity contribution in [3.8, 4) is 0 Å². The molecule has 0 saturated carbocycles. The van der Waals surface area contributed by atoms with Crippen molar-refractivity contribution in [2.24, 2.45) is 0 Å². The van der Waals surface area contributed by atoms with Gasteiger partial charge in [-0.3, -0.25) is 5.32 Å². The topological polar surface area (TPSA) is 91.3 Å². The molecule has 0 aliphatic rings. The lowest BCUT2D eigenvalue weighted by molar-refractivity contribution is 0.0697. The highest BCUT2D eigenvalue weighted by atomic mass is 32.1. The van der Waals surface area contributed by atoms with E-state index in [0.29, 0.717) is 16.4 Å². The minimum atomic E-state index is -0.997. The third kappa shape index (κ3) is 3.57. The van der Waals surface area contributed by atoms with E-state index in [1.54, 1.807) is 13.0 Å². The fraction of sp³-hybridized carbons (Fsp3) is 0.214. The number of anilines is 2. The summed E-state index contributed by atoms with van der Waals surface area (Å²) in [6, 6.07) is 4.12. The molecule has 0 atom stereocenters. The second-order valence-electron chi connectivity index (χ2n) is 4.57. The van der Waals surface area contributed by atoms with Crippen molar-refractivity contribution in [2.75, 3.05) is 10.6 Å². The maximum Gasteiger partial charge on any atom is 0.335 e. The smallest absolute Gasteiger partial charge is 0.335 e. The molecule has 2 rings (SSSR count). The molecule has 1 aromatic heterocycles. The number of nitrogens with one attached hydrogen (secondary N) is 2. The fourth-order valence-corrected chi connectivity index (χ4v) is 2.52. The van der Waals surface area contributed by atoms with Crippen LogP contribution in [0.2, 0.25) is 0 Å². The van der Waals surface area contributed by atoms with Gasteiger partial charge in [-0.15, -0.1) is 11.3 Å². The molecular weight excluding hydrogens is 290 g/mol. The van der Waals surface area contributed by atoms with E-state index in [-0.39, 0.29) is 5.56 Å². The van der Waals surface area contributed by atoms with Crippen LogP contribution in [-0.4, -0.2) is 22.1 Å². The molecule has 0 aliphatic heterocycles. The van der Waals surface area contributed by atoms with Crippen LogP contribution in [0.1, 0.15) is 26.5 Å². The Kier molecular flexibility index (Phi) is 4.23. The highest BCUT2D eigenvalue weighted by molar-refractivity contribution is 7.15. The number of aromatic carboxylic acids is 1. The van der Waals surface area contributed by atoms with E-state index in [1.807, 2.05) is 13.8 Å². The molecule has 3 N–H and O–H groups in total. The first-order chi connectivity index (χ1) is 9.86. The van der Waals surface area contributed by atoms with Gasteiger partial charge in [-0.25, -0.2) is 14.6 Å². The van der Waals surface area contributed by atoms with E-state index in [2.05, 4.69) is 15.6 Å². The highest BCUT2D eigenvalue weighted by Crippen LogP contribution is 2.22. The van der Waals surface area contributed by atoms with Crippen molar-refractivity contribution in [3.63, 3.8) is 0 Å². The third-order valence-electron chi connectivity index (χ3n) is 2.97. The van der Waals surface area contributed by atoms with E-state index >= 15 is 0 Å². The predicted octanol–water partition coefficient (Wildman–Crippen LogP) is 3.41. The second-order valence-corrected chi connectivity index (χ2v) is 5.78. The van der Waals surface area contributed by atoms with Gasteiger partial charge >= 0.3 is 12.0 Å². The number of urea groups is 1. The number of hydrogen-bond donors (Lipinski definition) is 3. The SMILES string of the molecule is Cc1cc(C(=O)O)ccc1NC(=O)Nc1nc(C)c(C)s1.